The van der Waals surface area contributed by atoms with Gasteiger partial charge in [-0.3, -0.25) is 9.78 Å². The van der Waals surface area contributed by atoms with Crippen molar-refractivity contribution in [3.05, 3.63) is 42.1 Å². The van der Waals surface area contributed by atoms with Crippen LogP contribution in [0.2, 0.25) is 0 Å². The van der Waals surface area contributed by atoms with E-state index in [9.17, 15) is 4.79 Å². The van der Waals surface area contributed by atoms with Gasteiger partial charge in [0.05, 0.1) is 12.1 Å². The third-order valence-corrected chi connectivity index (χ3v) is 2.56. The molecule has 17 heavy (non-hydrogen) atoms. The maximum absolute atomic E-state index is 10.3. The average molecular weight is 230 g/mol. The van der Waals surface area contributed by atoms with Crippen molar-refractivity contribution in [1.82, 2.24) is 10.3 Å². The Morgan fingerprint density at radius 3 is 2.94 bits per heavy atom. The van der Waals surface area contributed by atoms with Gasteiger partial charge in [-0.25, -0.2) is 0 Å². The van der Waals surface area contributed by atoms with Gasteiger partial charge in [0.1, 0.15) is 0 Å². The highest BCUT2D eigenvalue weighted by atomic mass is 16.4. The summed E-state index contributed by atoms with van der Waals surface area (Å²) in [5, 5.41) is 12.5. The van der Waals surface area contributed by atoms with Gasteiger partial charge in [0.2, 0.25) is 0 Å². The van der Waals surface area contributed by atoms with Gasteiger partial charge in [-0.1, -0.05) is 24.3 Å². The summed E-state index contributed by atoms with van der Waals surface area (Å²) in [4.78, 5) is 14.7. The van der Waals surface area contributed by atoms with E-state index in [1.807, 2.05) is 30.3 Å². The SMILES string of the molecule is O=C(O)CNCCc1cccc2cccnc12. The maximum Gasteiger partial charge on any atom is 0.317 e. The van der Waals surface area contributed by atoms with E-state index in [-0.39, 0.29) is 6.54 Å². The minimum Gasteiger partial charge on any atom is -0.480 e. The second kappa shape index (κ2) is 5.41. The zero-order valence-corrected chi connectivity index (χ0v) is 9.39. The lowest BCUT2D eigenvalue weighted by atomic mass is 10.1. The molecule has 0 radical (unpaired) electrons. The van der Waals surface area contributed by atoms with Crippen molar-refractivity contribution >= 4 is 16.9 Å². The second-order valence-corrected chi connectivity index (χ2v) is 3.81. The smallest absolute Gasteiger partial charge is 0.317 e. The van der Waals surface area contributed by atoms with Gasteiger partial charge in [-0.2, -0.15) is 0 Å². The van der Waals surface area contributed by atoms with Crippen LogP contribution in [-0.2, 0) is 11.2 Å². The molecule has 0 saturated carbocycles. The average Bonchev–Trinajstić information content (AvgIpc) is 2.34. The quantitative estimate of drug-likeness (QED) is 0.763. The molecule has 1 aromatic heterocycles. The van der Waals surface area contributed by atoms with Crippen LogP contribution < -0.4 is 5.32 Å². The number of benzene rings is 1. The Kier molecular flexibility index (Phi) is 3.67. The lowest BCUT2D eigenvalue weighted by Crippen LogP contribution is -2.24. The number of aliphatic carboxylic acids is 1. The third-order valence-electron chi connectivity index (χ3n) is 2.56. The first-order valence-corrected chi connectivity index (χ1v) is 5.52. The number of nitrogens with one attached hydrogen (secondary N) is 1. The summed E-state index contributed by atoms with van der Waals surface area (Å²) in [5.41, 5.74) is 2.13. The minimum atomic E-state index is -0.832. The number of carboxylic acid groups (broad SMARTS) is 1. The monoisotopic (exact) mass is 230 g/mol. The molecular formula is C13H14N2O2. The fraction of sp³-hybridized carbons (Fsp3) is 0.231. The Labute approximate surface area is 99.3 Å². The largest absolute Gasteiger partial charge is 0.480 e. The summed E-state index contributed by atoms with van der Waals surface area (Å²) in [6.45, 7) is 0.639. The highest BCUT2D eigenvalue weighted by molar-refractivity contribution is 5.81. The summed E-state index contributed by atoms with van der Waals surface area (Å²) in [7, 11) is 0. The zero-order valence-electron chi connectivity index (χ0n) is 9.39. The van der Waals surface area contributed by atoms with E-state index in [1.54, 1.807) is 6.20 Å². The lowest BCUT2D eigenvalue weighted by molar-refractivity contribution is -0.135. The predicted molar refractivity (Wildman–Crippen MR) is 66.0 cm³/mol. The van der Waals surface area contributed by atoms with E-state index in [2.05, 4.69) is 10.3 Å². The molecule has 0 spiro atoms. The van der Waals surface area contributed by atoms with E-state index in [0.29, 0.717) is 6.54 Å². The maximum atomic E-state index is 10.3. The molecule has 0 aliphatic rings. The molecule has 0 unspecified atom stereocenters. The first-order valence-electron chi connectivity index (χ1n) is 5.52. The Balaban J connectivity index is 2.05. The number of pyridine rings is 1. The molecule has 0 bridgehead atoms. The van der Waals surface area contributed by atoms with Gasteiger partial charge in [-0.05, 0) is 24.6 Å². The van der Waals surface area contributed by atoms with Crippen molar-refractivity contribution in [3.8, 4) is 0 Å². The molecule has 1 heterocycles. The lowest BCUT2D eigenvalue weighted by Gasteiger charge is -2.05. The third kappa shape index (κ3) is 3.01. The Bertz CT molecular complexity index is 520. The standard InChI is InChI=1S/C13H14N2O2/c16-12(17)9-14-8-6-11-4-1-3-10-5-2-7-15-13(10)11/h1-5,7,14H,6,8-9H2,(H,16,17). The van der Waals surface area contributed by atoms with Crippen LogP contribution in [0.25, 0.3) is 10.9 Å². The molecule has 0 fully saturated rings. The number of nitrogens with zero attached hydrogens (tertiary/aromatic N) is 1. The second-order valence-electron chi connectivity index (χ2n) is 3.81. The molecule has 1 aromatic carbocycles. The fourth-order valence-electron chi connectivity index (χ4n) is 1.79. The summed E-state index contributed by atoms with van der Waals surface area (Å²) < 4.78 is 0. The van der Waals surface area contributed by atoms with Crippen molar-refractivity contribution in [1.29, 1.82) is 0 Å². The van der Waals surface area contributed by atoms with Crippen LogP contribution in [0.15, 0.2) is 36.5 Å². The van der Waals surface area contributed by atoms with Crippen molar-refractivity contribution in [2.75, 3.05) is 13.1 Å². The van der Waals surface area contributed by atoms with Crippen LogP contribution >= 0.6 is 0 Å². The normalized spacial score (nSPS) is 10.6. The van der Waals surface area contributed by atoms with Crippen LogP contribution in [0.3, 0.4) is 0 Å². The van der Waals surface area contributed by atoms with E-state index >= 15 is 0 Å². The highest BCUT2D eigenvalue weighted by Gasteiger charge is 2.01. The molecule has 0 aliphatic carbocycles. The summed E-state index contributed by atoms with van der Waals surface area (Å²) in [6, 6.07) is 9.98. The molecule has 4 nitrogen and oxygen atoms in total. The number of fused-ring (bicyclic) bond motifs is 1. The van der Waals surface area contributed by atoms with Crippen LogP contribution in [0.4, 0.5) is 0 Å². The number of hydrogen-bond donors (Lipinski definition) is 2. The van der Waals surface area contributed by atoms with Crippen molar-refractivity contribution in [3.63, 3.8) is 0 Å². The Morgan fingerprint density at radius 1 is 1.29 bits per heavy atom. The number of carboxylic acids is 1. The molecule has 2 N–H and O–H groups in total. The number of rotatable bonds is 5. The van der Waals surface area contributed by atoms with Gasteiger partial charge in [-0.15, -0.1) is 0 Å². The van der Waals surface area contributed by atoms with Crippen LogP contribution in [0, 0.1) is 0 Å². The highest BCUT2D eigenvalue weighted by Crippen LogP contribution is 2.15. The van der Waals surface area contributed by atoms with Gasteiger partial charge in [0.15, 0.2) is 0 Å². The van der Waals surface area contributed by atoms with Crippen LogP contribution in [0.1, 0.15) is 5.56 Å². The Morgan fingerprint density at radius 2 is 2.12 bits per heavy atom. The molecule has 0 aliphatic heterocycles. The predicted octanol–water partition coefficient (Wildman–Crippen LogP) is 1.45. The molecular weight excluding hydrogens is 216 g/mol. The van der Waals surface area contributed by atoms with Crippen molar-refractivity contribution < 1.29 is 9.90 Å². The van der Waals surface area contributed by atoms with Crippen LogP contribution in [-0.4, -0.2) is 29.1 Å². The van der Waals surface area contributed by atoms with Gasteiger partial charge in [0, 0.05) is 11.6 Å². The molecule has 2 rings (SSSR count). The van der Waals surface area contributed by atoms with E-state index < -0.39 is 5.97 Å². The molecule has 2 aromatic rings. The fourth-order valence-corrected chi connectivity index (χ4v) is 1.79. The number of hydrogen-bond acceptors (Lipinski definition) is 3. The van der Waals surface area contributed by atoms with Crippen LogP contribution in [0.5, 0.6) is 0 Å². The number of aromatic nitrogens is 1. The molecule has 0 saturated heterocycles. The Hall–Kier alpha value is -1.94. The minimum absolute atomic E-state index is 0.00179. The van der Waals surface area contributed by atoms with E-state index in [1.165, 1.54) is 0 Å². The first kappa shape index (κ1) is 11.5. The zero-order chi connectivity index (χ0) is 12.1. The molecule has 0 atom stereocenters. The van der Waals surface area contributed by atoms with E-state index in [4.69, 9.17) is 5.11 Å². The van der Waals surface area contributed by atoms with Gasteiger partial charge < -0.3 is 10.4 Å². The first-order chi connectivity index (χ1) is 8.27. The van der Waals surface area contributed by atoms with Crippen molar-refractivity contribution in [2.45, 2.75) is 6.42 Å². The molecule has 88 valence electrons. The molecule has 4 heteroatoms. The topological polar surface area (TPSA) is 62.2 Å². The summed E-state index contributed by atoms with van der Waals surface area (Å²) in [6.07, 6.45) is 2.55. The number of para-hydroxylation sites is 1. The summed E-state index contributed by atoms with van der Waals surface area (Å²) >= 11 is 0. The number of carbonyl (C=O) groups is 1. The summed E-state index contributed by atoms with van der Waals surface area (Å²) in [5.74, 6) is -0.832. The van der Waals surface area contributed by atoms with Crippen molar-refractivity contribution in [2.24, 2.45) is 0 Å². The van der Waals surface area contributed by atoms with Gasteiger partial charge in [0.25, 0.3) is 0 Å². The van der Waals surface area contributed by atoms with E-state index in [0.717, 1.165) is 22.9 Å². The molecule has 0 amide bonds. The van der Waals surface area contributed by atoms with Gasteiger partial charge >= 0.3 is 5.97 Å².